The van der Waals surface area contributed by atoms with Crippen molar-refractivity contribution in [3.63, 3.8) is 0 Å². The van der Waals surface area contributed by atoms with Crippen molar-refractivity contribution in [3.8, 4) is 11.3 Å². The summed E-state index contributed by atoms with van der Waals surface area (Å²) in [6.07, 6.45) is 0.594. The minimum Gasteiger partial charge on any atom is -0.330 e. The monoisotopic (exact) mass is 412 g/mol. The van der Waals surface area contributed by atoms with E-state index in [-0.39, 0.29) is 11.8 Å². The third-order valence-electron chi connectivity index (χ3n) is 5.63. The smallest absolute Gasteiger partial charge is 0.231 e. The van der Waals surface area contributed by atoms with Gasteiger partial charge in [-0.25, -0.2) is 0 Å². The molecule has 31 heavy (non-hydrogen) atoms. The summed E-state index contributed by atoms with van der Waals surface area (Å²) in [4.78, 5) is 13.1. The number of nitrogens with one attached hydrogen (secondary N) is 2. The van der Waals surface area contributed by atoms with Crippen LogP contribution in [-0.4, -0.2) is 22.6 Å². The van der Waals surface area contributed by atoms with E-state index in [1.807, 2.05) is 48.5 Å². The molecule has 0 aliphatic rings. The summed E-state index contributed by atoms with van der Waals surface area (Å²) in [5, 5.41) is 11.7. The summed E-state index contributed by atoms with van der Waals surface area (Å²) < 4.78 is 0. The average Bonchev–Trinajstić information content (AvgIpc) is 3.21. The Kier molecular flexibility index (Phi) is 6.14. The van der Waals surface area contributed by atoms with E-state index in [0.29, 0.717) is 18.9 Å². The molecule has 1 unspecified atom stereocenters. The van der Waals surface area contributed by atoms with E-state index in [9.17, 15) is 4.79 Å². The lowest BCUT2D eigenvalue weighted by Crippen LogP contribution is -2.23. The number of hydrogen-bond donors (Lipinski definition) is 3. The molecule has 1 amide bonds. The molecule has 5 nitrogen and oxygen atoms in total. The highest BCUT2D eigenvalue weighted by atomic mass is 16.1. The Labute approximate surface area is 182 Å². The number of carbonyl (C=O) groups is 1. The van der Waals surface area contributed by atoms with Crippen LogP contribution in [0.1, 0.15) is 43.2 Å². The molecule has 0 fully saturated rings. The predicted molar refractivity (Wildman–Crippen MR) is 127 cm³/mol. The standard InChI is InChI=1S/C26H28N4O/c1-17(2)19-9-6-10-20(15-19)25-23-16-21(11-12-24(23)29-30-25)28-26(31)22(13-14-27)18-7-4-3-5-8-18/h3-12,15-17,22H,13-14,27H2,1-2H3,(H,28,31)(H,29,30). The molecular weight excluding hydrogens is 384 g/mol. The summed E-state index contributed by atoms with van der Waals surface area (Å²) in [6, 6.07) is 24.1. The highest BCUT2D eigenvalue weighted by Crippen LogP contribution is 2.31. The number of H-pyrrole nitrogens is 1. The van der Waals surface area contributed by atoms with Crippen LogP contribution in [0.25, 0.3) is 22.2 Å². The van der Waals surface area contributed by atoms with Crippen LogP contribution in [0.5, 0.6) is 0 Å². The molecule has 0 saturated heterocycles. The second-order valence-corrected chi connectivity index (χ2v) is 8.14. The van der Waals surface area contributed by atoms with Crippen molar-refractivity contribution in [1.82, 2.24) is 10.2 Å². The van der Waals surface area contributed by atoms with E-state index in [4.69, 9.17) is 5.73 Å². The number of anilines is 1. The molecule has 0 radical (unpaired) electrons. The van der Waals surface area contributed by atoms with Gasteiger partial charge in [-0.05, 0) is 54.3 Å². The Morgan fingerprint density at radius 1 is 1.00 bits per heavy atom. The van der Waals surface area contributed by atoms with Crippen molar-refractivity contribution in [2.75, 3.05) is 11.9 Å². The fourth-order valence-corrected chi connectivity index (χ4v) is 3.89. The highest BCUT2D eigenvalue weighted by Gasteiger charge is 2.20. The number of rotatable bonds is 7. The van der Waals surface area contributed by atoms with Gasteiger partial charge in [-0.15, -0.1) is 0 Å². The summed E-state index contributed by atoms with van der Waals surface area (Å²) in [7, 11) is 0. The Morgan fingerprint density at radius 2 is 1.77 bits per heavy atom. The number of aromatic amines is 1. The van der Waals surface area contributed by atoms with E-state index in [2.05, 4.69) is 53.6 Å². The molecule has 4 rings (SSSR count). The van der Waals surface area contributed by atoms with Gasteiger partial charge in [0, 0.05) is 16.6 Å². The maximum Gasteiger partial charge on any atom is 0.231 e. The van der Waals surface area contributed by atoms with Crippen LogP contribution < -0.4 is 11.1 Å². The molecule has 1 atom stereocenters. The molecule has 4 aromatic rings. The first-order valence-corrected chi connectivity index (χ1v) is 10.7. The fraction of sp³-hybridized carbons (Fsp3) is 0.231. The predicted octanol–water partition coefficient (Wildman–Crippen LogP) is 5.42. The molecule has 0 aliphatic carbocycles. The van der Waals surface area contributed by atoms with Crippen LogP contribution in [0.2, 0.25) is 0 Å². The van der Waals surface area contributed by atoms with Crippen molar-refractivity contribution in [3.05, 3.63) is 83.9 Å². The Balaban J connectivity index is 1.64. The number of carbonyl (C=O) groups excluding carboxylic acids is 1. The fourth-order valence-electron chi connectivity index (χ4n) is 3.89. The SMILES string of the molecule is CC(C)c1cccc(-c2n[nH]c3ccc(NC(=O)C(CCN)c4ccccc4)cc23)c1. The van der Waals surface area contributed by atoms with Gasteiger partial charge in [0.25, 0.3) is 0 Å². The maximum atomic E-state index is 13.1. The molecule has 0 saturated carbocycles. The number of benzene rings is 3. The number of amides is 1. The lowest BCUT2D eigenvalue weighted by atomic mass is 9.94. The first-order valence-electron chi connectivity index (χ1n) is 10.7. The van der Waals surface area contributed by atoms with Crippen LogP contribution in [0.3, 0.4) is 0 Å². The van der Waals surface area contributed by atoms with Crippen molar-refractivity contribution < 1.29 is 4.79 Å². The normalized spacial score (nSPS) is 12.3. The zero-order valence-corrected chi connectivity index (χ0v) is 17.9. The van der Waals surface area contributed by atoms with Gasteiger partial charge in [-0.2, -0.15) is 5.10 Å². The molecule has 0 bridgehead atoms. The van der Waals surface area contributed by atoms with E-state index in [0.717, 1.165) is 33.4 Å². The largest absolute Gasteiger partial charge is 0.330 e. The van der Waals surface area contributed by atoms with Gasteiger partial charge in [-0.1, -0.05) is 62.4 Å². The number of nitrogens with two attached hydrogens (primary N) is 1. The maximum absolute atomic E-state index is 13.1. The van der Waals surface area contributed by atoms with Crippen molar-refractivity contribution in [1.29, 1.82) is 0 Å². The van der Waals surface area contributed by atoms with Gasteiger partial charge in [0.2, 0.25) is 5.91 Å². The van der Waals surface area contributed by atoms with Gasteiger partial charge in [0.1, 0.15) is 0 Å². The van der Waals surface area contributed by atoms with Gasteiger partial charge < -0.3 is 11.1 Å². The summed E-state index contributed by atoms with van der Waals surface area (Å²) in [5.74, 6) is 0.105. The number of nitrogens with zero attached hydrogens (tertiary/aromatic N) is 1. The van der Waals surface area contributed by atoms with Crippen molar-refractivity contribution in [2.45, 2.75) is 32.1 Å². The van der Waals surface area contributed by atoms with Gasteiger partial charge in [0.05, 0.1) is 17.1 Å². The quantitative estimate of drug-likeness (QED) is 0.379. The summed E-state index contributed by atoms with van der Waals surface area (Å²) in [6.45, 7) is 4.81. The van der Waals surface area contributed by atoms with E-state index in [1.54, 1.807) is 0 Å². The van der Waals surface area contributed by atoms with E-state index >= 15 is 0 Å². The number of hydrogen-bond acceptors (Lipinski definition) is 3. The van der Waals surface area contributed by atoms with Crippen molar-refractivity contribution >= 4 is 22.5 Å². The molecule has 0 spiro atoms. The summed E-state index contributed by atoms with van der Waals surface area (Å²) in [5.41, 5.74) is 11.7. The molecule has 4 N–H and O–H groups in total. The summed E-state index contributed by atoms with van der Waals surface area (Å²) >= 11 is 0. The molecule has 3 aromatic carbocycles. The Hall–Kier alpha value is -3.44. The molecule has 1 aromatic heterocycles. The third kappa shape index (κ3) is 4.52. The van der Waals surface area contributed by atoms with Crippen molar-refractivity contribution in [2.24, 2.45) is 5.73 Å². The van der Waals surface area contributed by atoms with Crippen LogP contribution in [0.4, 0.5) is 5.69 Å². The number of aromatic nitrogens is 2. The lowest BCUT2D eigenvalue weighted by molar-refractivity contribution is -0.117. The van der Waals surface area contributed by atoms with E-state index in [1.165, 1.54) is 5.56 Å². The molecular formula is C26H28N4O. The molecule has 0 aliphatic heterocycles. The zero-order chi connectivity index (χ0) is 21.8. The van der Waals surface area contributed by atoms with Gasteiger partial charge in [0.15, 0.2) is 0 Å². The average molecular weight is 413 g/mol. The Bertz CT molecular complexity index is 1180. The number of fused-ring (bicyclic) bond motifs is 1. The first kappa shape index (κ1) is 20.8. The zero-order valence-electron chi connectivity index (χ0n) is 17.9. The third-order valence-corrected chi connectivity index (χ3v) is 5.63. The highest BCUT2D eigenvalue weighted by molar-refractivity contribution is 6.00. The molecule has 158 valence electrons. The topological polar surface area (TPSA) is 83.8 Å². The first-order chi connectivity index (χ1) is 15.1. The van der Waals surface area contributed by atoms with Crippen LogP contribution in [-0.2, 0) is 4.79 Å². The Morgan fingerprint density at radius 3 is 2.52 bits per heavy atom. The molecule has 5 heteroatoms. The lowest BCUT2D eigenvalue weighted by Gasteiger charge is -2.16. The van der Waals surface area contributed by atoms with Crippen LogP contribution in [0.15, 0.2) is 72.8 Å². The van der Waals surface area contributed by atoms with Crippen LogP contribution in [0, 0.1) is 0 Å². The van der Waals surface area contributed by atoms with Gasteiger partial charge >= 0.3 is 0 Å². The van der Waals surface area contributed by atoms with Crippen LogP contribution >= 0.6 is 0 Å². The minimum absolute atomic E-state index is 0.0529. The van der Waals surface area contributed by atoms with Gasteiger partial charge in [-0.3, -0.25) is 9.89 Å². The second kappa shape index (κ2) is 9.14. The van der Waals surface area contributed by atoms with E-state index < -0.39 is 0 Å². The second-order valence-electron chi connectivity index (χ2n) is 8.14. The minimum atomic E-state index is -0.284. The molecule has 1 heterocycles.